The molecular weight excluding hydrogens is 348 g/mol. The van der Waals surface area contributed by atoms with E-state index in [1.165, 1.54) is 11.1 Å². The third kappa shape index (κ3) is 4.57. The van der Waals surface area contributed by atoms with Gasteiger partial charge in [-0.3, -0.25) is 0 Å². The minimum Gasteiger partial charge on any atom is -0.467 e. The van der Waals surface area contributed by atoms with Crippen molar-refractivity contribution in [1.82, 2.24) is 9.97 Å². The van der Waals surface area contributed by atoms with Crippen LogP contribution in [0.2, 0.25) is 0 Å². The van der Waals surface area contributed by atoms with Gasteiger partial charge in [0.1, 0.15) is 11.6 Å². The number of nitrogens with one attached hydrogen (secondary N) is 2. The second-order valence-corrected chi connectivity index (χ2v) is 6.60. The van der Waals surface area contributed by atoms with Gasteiger partial charge in [0.15, 0.2) is 0 Å². The predicted octanol–water partition coefficient (Wildman–Crippen LogP) is 5.27. The van der Waals surface area contributed by atoms with E-state index in [0.717, 1.165) is 22.8 Å². The van der Waals surface area contributed by atoms with Crippen molar-refractivity contribution >= 4 is 11.8 Å². The molecule has 0 spiro atoms. The number of aromatic nitrogens is 2. The first-order valence-electron chi connectivity index (χ1n) is 9.26. The van der Waals surface area contributed by atoms with Crippen LogP contribution in [0.1, 0.15) is 16.9 Å². The standard InChI is InChI=1S/C23H22N4O/c1-17-7-5-8-18(13-17)15-24-22-14-21(19-9-3-2-4-10-19)26-23(27-22)25-16-20-11-6-12-28-20/h2-14H,15-16H2,1H3,(H2,24,25,26,27). The molecule has 28 heavy (non-hydrogen) atoms. The summed E-state index contributed by atoms with van der Waals surface area (Å²) < 4.78 is 5.38. The van der Waals surface area contributed by atoms with Crippen molar-refractivity contribution in [3.63, 3.8) is 0 Å². The molecule has 0 aliphatic rings. The first-order valence-corrected chi connectivity index (χ1v) is 9.26. The molecular formula is C23H22N4O. The summed E-state index contributed by atoms with van der Waals surface area (Å²) >= 11 is 0. The van der Waals surface area contributed by atoms with Crippen LogP contribution >= 0.6 is 0 Å². The van der Waals surface area contributed by atoms with Crippen molar-refractivity contribution in [3.8, 4) is 11.3 Å². The van der Waals surface area contributed by atoms with Gasteiger partial charge in [0.2, 0.25) is 5.95 Å². The maximum Gasteiger partial charge on any atom is 0.225 e. The maximum atomic E-state index is 5.38. The van der Waals surface area contributed by atoms with E-state index in [4.69, 9.17) is 4.42 Å². The summed E-state index contributed by atoms with van der Waals surface area (Å²) in [5, 5.41) is 6.67. The monoisotopic (exact) mass is 370 g/mol. The van der Waals surface area contributed by atoms with E-state index in [9.17, 15) is 0 Å². The maximum absolute atomic E-state index is 5.38. The average molecular weight is 370 g/mol. The van der Waals surface area contributed by atoms with E-state index in [-0.39, 0.29) is 0 Å². The number of benzene rings is 2. The molecule has 0 aliphatic carbocycles. The highest BCUT2D eigenvalue weighted by molar-refractivity contribution is 5.64. The summed E-state index contributed by atoms with van der Waals surface area (Å²) in [4.78, 5) is 9.29. The molecule has 5 heteroatoms. The average Bonchev–Trinajstić information content (AvgIpc) is 3.25. The molecule has 0 atom stereocenters. The summed E-state index contributed by atoms with van der Waals surface area (Å²) in [6, 6.07) is 24.3. The SMILES string of the molecule is Cc1cccc(CNc2cc(-c3ccccc3)nc(NCc3ccco3)n2)c1. The highest BCUT2D eigenvalue weighted by Gasteiger charge is 2.08. The molecule has 4 rings (SSSR count). The molecule has 0 aliphatic heterocycles. The molecule has 2 aromatic heterocycles. The fraction of sp³-hybridized carbons (Fsp3) is 0.130. The number of hydrogen-bond donors (Lipinski definition) is 2. The van der Waals surface area contributed by atoms with Crippen molar-refractivity contribution in [2.24, 2.45) is 0 Å². The van der Waals surface area contributed by atoms with Crippen LogP contribution in [0.5, 0.6) is 0 Å². The van der Waals surface area contributed by atoms with Gasteiger partial charge in [0.05, 0.1) is 18.5 Å². The smallest absolute Gasteiger partial charge is 0.225 e. The largest absolute Gasteiger partial charge is 0.467 e. The van der Waals surface area contributed by atoms with Crippen LogP contribution in [0.3, 0.4) is 0 Å². The van der Waals surface area contributed by atoms with E-state index < -0.39 is 0 Å². The van der Waals surface area contributed by atoms with Gasteiger partial charge >= 0.3 is 0 Å². The van der Waals surface area contributed by atoms with Gasteiger partial charge < -0.3 is 15.1 Å². The normalized spacial score (nSPS) is 10.6. The van der Waals surface area contributed by atoms with Gasteiger partial charge in [-0.25, -0.2) is 4.98 Å². The Balaban J connectivity index is 1.57. The molecule has 0 fully saturated rings. The third-order valence-electron chi connectivity index (χ3n) is 4.35. The fourth-order valence-corrected chi connectivity index (χ4v) is 2.97. The number of anilines is 2. The summed E-state index contributed by atoms with van der Waals surface area (Å²) in [6.07, 6.45) is 1.66. The van der Waals surface area contributed by atoms with Gasteiger partial charge in [0.25, 0.3) is 0 Å². The molecule has 0 unspecified atom stereocenters. The van der Waals surface area contributed by atoms with Crippen molar-refractivity contribution in [2.45, 2.75) is 20.0 Å². The molecule has 2 heterocycles. The second-order valence-electron chi connectivity index (χ2n) is 6.60. The lowest BCUT2D eigenvalue weighted by molar-refractivity contribution is 0.517. The first-order chi connectivity index (χ1) is 13.8. The molecule has 0 radical (unpaired) electrons. The number of rotatable bonds is 7. The third-order valence-corrected chi connectivity index (χ3v) is 4.35. The topological polar surface area (TPSA) is 63.0 Å². The van der Waals surface area contributed by atoms with E-state index in [1.807, 2.05) is 48.5 Å². The van der Waals surface area contributed by atoms with E-state index >= 15 is 0 Å². The summed E-state index contributed by atoms with van der Waals surface area (Å²) in [5.41, 5.74) is 4.37. The Morgan fingerprint density at radius 2 is 1.71 bits per heavy atom. The van der Waals surface area contributed by atoms with Crippen LogP contribution in [0.15, 0.2) is 83.5 Å². The zero-order valence-electron chi connectivity index (χ0n) is 15.7. The van der Waals surface area contributed by atoms with Crippen LogP contribution in [-0.4, -0.2) is 9.97 Å². The number of hydrogen-bond acceptors (Lipinski definition) is 5. The van der Waals surface area contributed by atoms with Crippen LogP contribution in [-0.2, 0) is 13.1 Å². The molecule has 0 saturated carbocycles. The summed E-state index contributed by atoms with van der Waals surface area (Å²) in [7, 11) is 0. The molecule has 5 nitrogen and oxygen atoms in total. The molecule has 0 saturated heterocycles. The first kappa shape index (κ1) is 17.8. The summed E-state index contributed by atoms with van der Waals surface area (Å²) in [5.74, 6) is 2.17. The van der Waals surface area contributed by atoms with Crippen molar-refractivity contribution < 1.29 is 4.42 Å². The molecule has 0 amide bonds. The lowest BCUT2D eigenvalue weighted by Gasteiger charge is -2.11. The quantitative estimate of drug-likeness (QED) is 0.464. The number of aryl methyl sites for hydroxylation is 1. The van der Waals surface area contributed by atoms with Gasteiger partial charge in [-0.2, -0.15) is 4.98 Å². The van der Waals surface area contributed by atoms with E-state index in [0.29, 0.717) is 19.0 Å². The Morgan fingerprint density at radius 1 is 0.821 bits per heavy atom. The van der Waals surface area contributed by atoms with Gasteiger partial charge in [-0.05, 0) is 24.6 Å². The molecule has 4 aromatic rings. The zero-order chi connectivity index (χ0) is 19.2. The predicted molar refractivity (Wildman–Crippen MR) is 112 cm³/mol. The van der Waals surface area contributed by atoms with Crippen LogP contribution in [0.25, 0.3) is 11.3 Å². The summed E-state index contributed by atoms with van der Waals surface area (Å²) in [6.45, 7) is 3.32. The van der Waals surface area contributed by atoms with Crippen molar-refractivity contribution in [3.05, 3.63) is 95.9 Å². The van der Waals surface area contributed by atoms with Crippen LogP contribution < -0.4 is 10.6 Å². The molecule has 2 aromatic carbocycles. The van der Waals surface area contributed by atoms with Gasteiger partial charge in [-0.1, -0.05) is 60.2 Å². The van der Waals surface area contributed by atoms with Crippen LogP contribution in [0.4, 0.5) is 11.8 Å². The van der Waals surface area contributed by atoms with Gasteiger partial charge in [0, 0.05) is 18.2 Å². The number of furan rings is 1. The second kappa shape index (κ2) is 8.39. The van der Waals surface area contributed by atoms with Crippen molar-refractivity contribution in [2.75, 3.05) is 10.6 Å². The Morgan fingerprint density at radius 3 is 2.50 bits per heavy atom. The minimum absolute atomic E-state index is 0.530. The van der Waals surface area contributed by atoms with E-state index in [2.05, 4.69) is 51.8 Å². The Kier molecular flexibility index (Phi) is 5.33. The Hall–Kier alpha value is -3.60. The lowest BCUT2D eigenvalue weighted by Crippen LogP contribution is -2.08. The fourth-order valence-electron chi connectivity index (χ4n) is 2.97. The zero-order valence-corrected chi connectivity index (χ0v) is 15.7. The highest BCUT2D eigenvalue weighted by atomic mass is 16.3. The molecule has 140 valence electrons. The van der Waals surface area contributed by atoms with E-state index in [1.54, 1.807) is 6.26 Å². The highest BCUT2D eigenvalue weighted by Crippen LogP contribution is 2.22. The Bertz CT molecular complexity index is 1030. The van der Waals surface area contributed by atoms with Crippen LogP contribution in [0, 0.1) is 6.92 Å². The van der Waals surface area contributed by atoms with Gasteiger partial charge in [-0.15, -0.1) is 0 Å². The molecule has 2 N–H and O–H groups in total. The lowest BCUT2D eigenvalue weighted by atomic mass is 10.1. The number of nitrogens with zero attached hydrogens (tertiary/aromatic N) is 2. The minimum atomic E-state index is 0.530. The van der Waals surface area contributed by atoms with Crippen molar-refractivity contribution in [1.29, 1.82) is 0 Å². The Labute approximate surface area is 164 Å². The molecule has 0 bridgehead atoms.